The first-order valence-electron chi connectivity index (χ1n) is 10.3. The number of alkyl halides is 3. The van der Waals surface area contributed by atoms with E-state index in [1.807, 2.05) is 0 Å². The maximum Gasteiger partial charge on any atom is 0.416 e. The lowest BCUT2D eigenvalue weighted by Crippen LogP contribution is -2.54. The number of likely N-dealkylation sites (tertiary alicyclic amines) is 1. The number of hydrogen-bond acceptors (Lipinski definition) is 4. The molecule has 2 bridgehead atoms. The highest BCUT2D eigenvalue weighted by molar-refractivity contribution is 5.80. The molecule has 1 saturated heterocycles. The predicted octanol–water partition coefficient (Wildman–Crippen LogP) is 3.14. The number of piperidine rings is 1. The second-order valence-corrected chi connectivity index (χ2v) is 8.48. The fraction of sp³-hybridized carbons (Fsp3) is 0.500. The second-order valence-electron chi connectivity index (χ2n) is 8.48. The average Bonchev–Trinajstić information content (AvgIpc) is 3.19. The Morgan fingerprint density at radius 3 is 2.48 bits per heavy atom. The highest BCUT2D eigenvalue weighted by atomic mass is 19.4. The van der Waals surface area contributed by atoms with E-state index in [2.05, 4.69) is 10.5 Å². The number of carbonyl (C=O) groups excluding carboxylic acids is 2. The summed E-state index contributed by atoms with van der Waals surface area (Å²) in [7, 11) is 0. The normalized spacial score (nSPS) is 23.1. The Balaban J connectivity index is 1.34. The largest absolute Gasteiger partial charge is 0.416 e. The quantitative estimate of drug-likeness (QED) is 0.783. The van der Waals surface area contributed by atoms with Gasteiger partial charge in [0.15, 0.2) is 0 Å². The van der Waals surface area contributed by atoms with Crippen molar-refractivity contribution >= 4 is 11.8 Å². The number of fused-ring (bicyclic) bond motifs is 2. The molecule has 166 valence electrons. The van der Waals surface area contributed by atoms with E-state index in [0.717, 1.165) is 30.7 Å². The van der Waals surface area contributed by atoms with Crippen molar-refractivity contribution in [2.45, 2.75) is 44.8 Å². The molecule has 0 spiro atoms. The van der Waals surface area contributed by atoms with Gasteiger partial charge in [0, 0.05) is 25.2 Å². The molecule has 2 aromatic rings. The van der Waals surface area contributed by atoms with E-state index in [4.69, 9.17) is 4.52 Å². The van der Waals surface area contributed by atoms with Gasteiger partial charge in [-0.2, -0.15) is 13.2 Å². The van der Waals surface area contributed by atoms with Gasteiger partial charge in [-0.05, 0) is 43.2 Å². The van der Waals surface area contributed by atoms with Crippen molar-refractivity contribution < 1.29 is 27.3 Å². The second kappa shape index (κ2) is 8.36. The third-order valence-electron chi connectivity index (χ3n) is 6.14. The lowest BCUT2D eigenvalue weighted by Gasteiger charge is -2.38. The highest BCUT2D eigenvalue weighted by Gasteiger charge is 2.44. The molecule has 2 amide bonds. The molecule has 9 heteroatoms. The number of hydrogen-bond donors (Lipinski definition) is 1. The Morgan fingerprint density at radius 2 is 1.87 bits per heavy atom. The zero-order chi connectivity index (χ0) is 22.2. The number of aromatic nitrogens is 1. The summed E-state index contributed by atoms with van der Waals surface area (Å²) in [4.78, 5) is 26.9. The van der Waals surface area contributed by atoms with Crippen LogP contribution in [0.1, 0.15) is 35.4 Å². The van der Waals surface area contributed by atoms with Crippen molar-refractivity contribution in [3.63, 3.8) is 0 Å². The van der Waals surface area contributed by atoms with Gasteiger partial charge in [-0.15, -0.1) is 0 Å². The number of benzene rings is 1. The van der Waals surface area contributed by atoms with Crippen LogP contribution in [0.5, 0.6) is 0 Å². The van der Waals surface area contributed by atoms with Crippen LogP contribution < -0.4 is 5.32 Å². The SMILES string of the molecule is Cc1cc(CC(=O)NC2[C@@H]3CC[C@H]2CN(C(=O)Cc2cccc(C(F)(F)F)c2)C3)on1. The number of nitrogens with one attached hydrogen (secondary N) is 1. The Bertz CT molecular complexity index is 958. The number of carbonyl (C=O) groups is 2. The van der Waals surface area contributed by atoms with Gasteiger partial charge in [-0.25, -0.2) is 0 Å². The summed E-state index contributed by atoms with van der Waals surface area (Å²) in [6.45, 7) is 2.79. The van der Waals surface area contributed by atoms with Crippen LogP contribution in [0.25, 0.3) is 0 Å². The molecule has 1 saturated carbocycles. The van der Waals surface area contributed by atoms with Crippen molar-refractivity contribution in [2.24, 2.45) is 11.8 Å². The van der Waals surface area contributed by atoms with Crippen LogP contribution in [0.15, 0.2) is 34.9 Å². The molecular weight excluding hydrogens is 411 g/mol. The molecule has 2 fully saturated rings. The molecule has 1 aliphatic heterocycles. The molecule has 1 aromatic heterocycles. The van der Waals surface area contributed by atoms with Crippen LogP contribution >= 0.6 is 0 Å². The zero-order valence-electron chi connectivity index (χ0n) is 17.1. The van der Waals surface area contributed by atoms with Crippen molar-refractivity contribution in [2.75, 3.05) is 13.1 Å². The van der Waals surface area contributed by atoms with Crippen LogP contribution in [-0.2, 0) is 28.6 Å². The number of rotatable bonds is 5. The van der Waals surface area contributed by atoms with Crippen molar-refractivity contribution in [1.82, 2.24) is 15.4 Å². The van der Waals surface area contributed by atoms with E-state index in [-0.39, 0.29) is 42.5 Å². The fourth-order valence-electron chi connectivity index (χ4n) is 4.70. The smallest absolute Gasteiger partial charge is 0.361 e. The first-order chi connectivity index (χ1) is 14.7. The van der Waals surface area contributed by atoms with E-state index in [9.17, 15) is 22.8 Å². The number of halogens is 3. The summed E-state index contributed by atoms with van der Waals surface area (Å²) in [5.41, 5.74) is 0.321. The van der Waals surface area contributed by atoms with Crippen LogP contribution in [0.4, 0.5) is 13.2 Å². The van der Waals surface area contributed by atoms with E-state index >= 15 is 0 Å². The van der Waals surface area contributed by atoms with Crippen LogP contribution in [0.3, 0.4) is 0 Å². The first kappa shape index (κ1) is 21.4. The van der Waals surface area contributed by atoms with Gasteiger partial charge in [0.05, 0.1) is 24.1 Å². The summed E-state index contributed by atoms with van der Waals surface area (Å²) in [5, 5.41) is 6.86. The minimum Gasteiger partial charge on any atom is -0.361 e. The van der Waals surface area contributed by atoms with E-state index < -0.39 is 11.7 Å². The van der Waals surface area contributed by atoms with E-state index in [1.165, 1.54) is 6.07 Å². The number of aryl methyl sites for hydroxylation is 1. The molecule has 2 aliphatic rings. The van der Waals surface area contributed by atoms with E-state index in [0.29, 0.717) is 24.4 Å². The first-order valence-corrected chi connectivity index (χ1v) is 10.3. The average molecular weight is 435 g/mol. The third kappa shape index (κ3) is 4.91. The van der Waals surface area contributed by atoms with Gasteiger partial charge in [0.1, 0.15) is 5.76 Å². The van der Waals surface area contributed by atoms with E-state index in [1.54, 1.807) is 24.0 Å². The Morgan fingerprint density at radius 1 is 1.16 bits per heavy atom. The fourth-order valence-corrected chi connectivity index (χ4v) is 4.70. The monoisotopic (exact) mass is 435 g/mol. The van der Waals surface area contributed by atoms with Gasteiger partial charge in [0.25, 0.3) is 0 Å². The Labute approximate surface area is 177 Å². The molecule has 1 N–H and O–H groups in total. The molecule has 6 nitrogen and oxygen atoms in total. The molecule has 4 rings (SSSR count). The number of amides is 2. The lowest BCUT2D eigenvalue weighted by molar-refractivity contribution is -0.138. The number of nitrogens with zero attached hydrogens (tertiary/aromatic N) is 2. The standard InChI is InChI=1S/C22H24F3N3O3/c1-13-7-18(31-27-13)10-19(29)26-21-15-5-6-16(21)12-28(11-15)20(30)9-14-3-2-4-17(8-14)22(23,24)25/h2-4,7-8,15-16,21H,5-6,9-12H2,1H3,(H,26,29)/t15-,16+,21?. The van der Waals surface area contributed by atoms with Gasteiger partial charge in [-0.1, -0.05) is 23.4 Å². The van der Waals surface area contributed by atoms with Gasteiger partial charge >= 0.3 is 6.18 Å². The maximum atomic E-state index is 12.9. The minimum absolute atomic E-state index is 0.00544. The summed E-state index contributed by atoms with van der Waals surface area (Å²) in [6, 6.07) is 6.62. The minimum atomic E-state index is -4.43. The third-order valence-corrected chi connectivity index (χ3v) is 6.14. The lowest BCUT2D eigenvalue weighted by atomic mass is 9.91. The molecule has 2 heterocycles. The van der Waals surface area contributed by atoms with Gasteiger partial charge < -0.3 is 14.7 Å². The van der Waals surface area contributed by atoms with Crippen molar-refractivity contribution in [3.8, 4) is 0 Å². The summed E-state index contributed by atoms with van der Waals surface area (Å²) < 4.78 is 43.8. The molecule has 3 atom stereocenters. The molecule has 1 aliphatic carbocycles. The topological polar surface area (TPSA) is 75.4 Å². The summed E-state index contributed by atoms with van der Waals surface area (Å²) in [6.07, 6.45) is -2.56. The Kier molecular flexibility index (Phi) is 5.77. The van der Waals surface area contributed by atoms with Crippen LogP contribution in [0.2, 0.25) is 0 Å². The molecule has 1 aromatic carbocycles. The predicted molar refractivity (Wildman–Crippen MR) is 105 cm³/mol. The van der Waals surface area contributed by atoms with Crippen LogP contribution in [0, 0.1) is 18.8 Å². The van der Waals surface area contributed by atoms with Crippen molar-refractivity contribution in [3.05, 3.63) is 52.9 Å². The van der Waals surface area contributed by atoms with Crippen LogP contribution in [-0.4, -0.2) is 41.0 Å². The molecule has 31 heavy (non-hydrogen) atoms. The molecule has 1 unspecified atom stereocenters. The Hall–Kier alpha value is -2.84. The van der Waals surface area contributed by atoms with Gasteiger partial charge in [0.2, 0.25) is 11.8 Å². The summed E-state index contributed by atoms with van der Waals surface area (Å²) >= 11 is 0. The maximum absolute atomic E-state index is 12.9. The van der Waals surface area contributed by atoms with Crippen molar-refractivity contribution in [1.29, 1.82) is 0 Å². The molecular formula is C22H24F3N3O3. The zero-order valence-corrected chi connectivity index (χ0v) is 17.1. The molecule has 0 radical (unpaired) electrons. The summed E-state index contributed by atoms with van der Waals surface area (Å²) in [5.74, 6) is 0.477. The van der Waals surface area contributed by atoms with Gasteiger partial charge in [-0.3, -0.25) is 9.59 Å². The highest BCUT2D eigenvalue weighted by Crippen LogP contribution is 2.37.